The number of rotatable bonds is 9. The average Bonchev–Trinajstić information content (AvgIpc) is 2.34. The maximum atomic E-state index is 12.2. The van der Waals surface area contributed by atoms with Crippen LogP contribution in [0.25, 0.3) is 0 Å². The van der Waals surface area contributed by atoms with Crippen molar-refractivity contribution in [2.75, 3.05) is 19.7 Å². The Kier molecular flexibility index (Phi) is 8.74. The summed E-state index contributed by atoms with van der Waals surface area (Å²) in [7, 11) is 0. The third-order valence-corrected chi connectivity index (χ3v) is 3.16. The summed E-state index contributed by atoms with van der Waals surface area (Å²) in [5.74, 6) is -0.139. The van der Waals surface area contributed by atoms with E-state index in [9.17, 15) is 4.79 Å². The third kappa shape index (κ3) is 7.65. The summed E-state index contributed by atoms with van der Waals surface area (Å²) in [6.45, 7) is 15.4. The quantitative estimate of drug-likeness (QED) is 0.505. The largest absolute Gasteiger partial charge is 0.391 e. The van der Waals surface area contributed by atoms with Crippen LogP contribution >= 0.6 is 0 Å². The van der Waals surface area contributed by atoms with Gasteiger partial charge in [-0.1, -0.05) is 26.8 Å². The molecule has 0 bridgehead atoms. The van der Waals surface area contributed by atoms with Crippen molar-refractivity contribution >= 4 is 5.91 Å². The molecule has 0 aliphatic carbocycles. The van der Waals surface area contributed by atoms with Crippen molar-refractivity contribution in [1.29, 1.82) is 0 Å². The summed E-state index contributed by atoms with van der Waals surface area (Å²) in [5.41, 5.74) is 0.0205. The SMILES string of the molecule is C=C(CO)C(=O)N(CCCCCNC(C)C)C(C)(C)C. The first-order valence-electron chi connectivity index (χ1n) is 7.54. The minimum absolute atomic E-state index is 0.139. The van der Waals surface area contributed by atoms with Crippen LogP contribution in [0.3, 0.4) is 0 Å². The van der Waals surface area contributed by atoms with Crippen LogP contribution in [0.15, 0.2) is 12.2 Å². The lowest BCUT2D eigenvalue weighted by Gasteiger charge is -2.36. The summed E-state index contributed by atoms with van der Waals surface area (Å²) < 4.78 is 0. The maximum Gasteiger partial charge on any atom is 0.251 e. The second-order valence-electron chi connectivity index (χ2n) is 6.56. The van der Waals surface area contributed by atoms with E-state index < -0.39 is 0 Å². The lowest BCUT2D eigenvalue weighted by atomic mass is 10.0. The molecule has 4 heteroatoms. The fourth-order valence-electron chi connectivity index (χ4n) is 1.96. The first kappa shape index (κ1) is 19.1. The van der Waals surface area contributed by atoms with Crippen molar-refractivity contribution in [3.05, 3.63) is 12.2 Å². The monoisotopic (exact) mass is 284 g/mol. The zero-order chi connectivity index (χ0) is 15.8. The minimum Gasteiger partial charge on any atom is -0.391 e. The van der Waals surface area contributed by atoms with Gasteiger partial charge < -0.3 is 15.3 Å². The summed E-state index contributed by atoms with van der Waals surface area (Å²) in [6, 6.07) is 0.524. The van der Waals surface area contributed by atoms with Crippen molar-refractivity contribution in [2.45, 2.75) is 65.5 Å². The summed E-state index contributed by atoms with van der Waals surface area (Å²) >= 11 is 0. The van der Waals surface area contributed by atoms with Crippen molar-refractivity contribution in [3.63, 3.8) is 0 Å². The Morgan fingerprint density at radius 2 is 1.85 bits per heavy atom. The number of unbranched alkanes of at least 4 members (excludes halogenated alkanes) is 2. The van der Waals surface area contributed by atoms with E-state index in [1.165, 1.54) is 0 Å². The highest BCUT2D eigenvalue weighted by Crippen LogP contribution is 2.17. The number of aliphatic hydroxyl groups is 1. The van der Waals surface area contributed by atoms with E-state index in [1.54, 1.807) is 4.90 Å². The third-order valence-electron chi connectivity index (χ3n) is 3.16. The highest BCUT2D eigenvalue weighted by atomic mass is 16.3. The zero-order valence-electron chi connectivity index (χ0n) is 13.8. The lowest BCUT2D eigenvalue weighted by Crippen LogP contribution is -2.47. The molecule has 0 heterocycles. The van der Waals surface area contributed by atoms with Gasteiger partial charge in [-0.05, 0) is 40.2 Å². The molecule has 0 radical (unpaired) electrons. The normalized spacial score (nSPS) is 11.8. The predicted octanol–water partition coefficient (Wildman–Crippen LogP) is 2.33. The van der Waals surface area contributed by atoms with Gasteiger partial charge in [0, 0.05) is 23.7 Å². The number of nitrogens with zero attached hydrogens (tertiary/aromatic N) is 1. The molecule has 0 rings (SSSR count). The number of nitrogens with one attached hydrogen (secondary N) is 1. The van der Waals surface area contributed by atoms with Crippen molar-refractivity contribution < 1.29 is 9.90 Å². The van der Waals surface area contributed by atoms with E-state index in [-0.39, 0.29) is 23.6 Å². The number of hydrogen-bond acceptors (Lipinski definition) is 3. The van der Waals surface area contributed by atoms with Crippen LogP contribution in [0, 0.1) is 0 Å². The Labute approximate surface area is 124 Å². The number of hydrogen-bond donors (Lipinski definition) is 2. The van der Waals surface area contributed by atoms with Crippen LogP contribution in [-0.4, -0.2) is 47.2 Å². The minimum atomic E-state index is -0.274. The van der Waals surface area contributed by atoms with Gasteiger partial charge in [-0.3, -0.25) is 4.79 Å². The lowest BCUT2D eigenvalue weighted by molar-refractivity contribution is -0.132. The first-order valence-corrected chi connectivity index (χ1v) is 7.54. The van der Waals surface area contributed by atoms with Gasteiger partial charge in [0.1, 0.15) is 0 Å². The van der Waals surface area contributed by atoms with Crippen LogP contribution in [0.5, 0.6) is 0 Å². The van der Waals surface area contributed by atoms with Crippen LogP contribution in [0.1, 0.15) is 53.9 Å². The molecule has 0 atom stereocenters. The van der Waals surface area contributed by atoms with Crippen LogP contribution in [0.2, 0.25) is 0 Å². The molecule has 0 saturated carbocycles. The molecule has 4 nitrogen and oxygen atoms in total. The number of amides is 1. The fourth-order valence-corrected chi connectivity index (χ4v) is 1.96. The van der Waals surface area contributed by atoms with Gasteiger partial charge in [0.15, 0.2) is 0 Å². The Bertz CT molecular complexity index is 306. The molecule has 0 aromatic carbocycles. The van der Waals surface area contributed by atoms with Gasteiger partial charge in [-0.2, -0.15) is 0 Å². The molecule has 0 aromatic heterocycles. The summed E-state index contributed by atoms with van der Waals surface area (Å²) in [6.07, 6.45) is 3.18. The first-order chi connectivity index (χ1) is 9.20. The molecule has 0 unspecified atom stereocenters. The standard InChI is InChI=1S/C16H32N2O2/c1-13(2)17-10-8-7-9-11-18(16(4,5)6)15(20)14(3)12-19/h13,17,19H,3,7-12H2,1-2,4-6H3. The highest BCUT2D eigenvalue weighted by Gasteiger charge is 2.26. The molecule has 1 amide bonds. The van der Waals surface area contributed by atoms with E-state index in [1.807, 2.05) is 20.8 Å². The Morgan fingerprint density at radius 3 is 2.30 bits per heavy atom. The van der Waals surface area contributed by atoms with Crippen molar-refractivity contribution in [1.82, 2.24) is 10.2 Å². The average molecular weight is 284 g/mol. The molecule has 118 valence electrons. The maximum absolute atomic E-state index is 12.2. The van der Waals surface area contributed by atoms with Crippen LogP contribution in [0.4, 0.5) is 0 Å². The smallest absolute Gasteiger partial charge is 0.251 e. The van der Waals surface area contributed by atoms with E-state index in [0.717, 1.165) is 25.8 Å². The molecule has 0 spiro atoms. The van der Waals surface area contributed by atoms with Gasteiger partial charge in [-0.25, -0.2) is 0 Å². The highest BCUT2D eigenvalue weighted by molar-refractivity contribution is 5.93. The molecular formula is C16H32N2O2. The van der Waals surface area contributed by atoms with Gasteiger partial charge in [0.2, 0.25) is 0 Å². The van der Waals surface area contributed by atoms with E-state index in [0.29, 0.717) is 12.6 Å². The summed E-state index contributed by atoms with van der Waals surface area (Å²) in [4.78, 5) is 14.0. The van der Waals surface area contributed by atoms with Crippen molar-refractivity contribution in [3.8, 4) is 0 Å². The van der Waals surface area contributed by atoms with Gasteiger partial charge in [0.25, 0.3) is 5.91 Å². The second kappa shape index (κ2) is 9.14. The van der Waals surface area contributed by atoms with Gasteiger partial charge in [-0.15, -0.1) is 0 Å². The van der Waals surface area contributed by atoms with E-state index in [4.69, 9.17) is 5.11 Å². The second-order valence-corrected chi connectivity index (χ2v) is 6.56. The number of aliphatic hydroxyl groups excluding tert-OH is 1. The Balaban J connectivity index is 4.20. The van der Waals surface area contributed by atoms with E-state index >= 15 is 0 Å². The predicted molar refractivity (Wildman–Crippen MR) is 84.7 cm³/mol. The number of carbonyl (C=O) groups excluding carboxylic acids is 1. The van der Waals surface area contributed by atoms with E-state index in [2.05, 4.69) is 25.7 Å². The number of carbonyl (C=O) groups is 1. The Hall–Kier alpha value is -0.870. The fraction of sp³-hybridized carbons (Fsp3) is 0.812. The molecular weight excluding hydrogens is 252 g/mol. The molecule has 0 fully saturated rings. The van der Waals surface area contributed by atoms with Gasteiger partial charge >= 0.3 is 0 Å². The topological polar surface area (TPSA) is 52.6 Å². The Morgan fingerprint density at radius 1 is 1.25 bits per heavy atom. The van der Waals surface area contributed by atoms with Crippen LogP contribution < -0.4 is 5.32 Å². The molecule has 0 saturated heterocycles. The molecule has 0 aliphatic rings. The summed E-state index contributed by atoms with van der Waals surface area (Å²) in [5, 5.41) is 12.4. The molecule has 2 N–H and O–H groups in total. The molecule has 0 aliphatic heterocycles. The van der Waals surface area contributed by atoms with Gasteiger partial charge in [0.05, 0.1) is 6.61 Å². The molecule has 20 heavy (non-hydrogen) atoms. The van der Waals surface area contributed by atoms with Crippen molar-refractivity contribution in [2.24, 2.45) is 0 Å². The molecule has 0 aromatic rings. The van der Waals surface area contributed by atoms with Crippen LogP contribution in [-0.2, 0) is 4.79 Å². The zero-order valence-corrected chi connectivity index (χ0v) is 13.8.